The number of hydrogen-bond donors (Lipinski definition) is 1. The third kappa shape index (κ3) is 2.51. The van der Waals surface area contributed by atoms with Crippen molar-refractivity contribution in [1.29, 1.82) is 0 Å². The van der Waals surface area contributed by atoms with E-state index in [0.29, 0.717) is 12.6 Å². The van der Waals surface area contributed by atoms with E-state index in [9.17, 15) is 0 Å². The van der Waals surface area contributed by atoms with Crippen molar-refractivity contribution in [3.8, 4) is 0 Å². The molecule has 2 aromatic heterocycles. The smallest absolute Gasteiger partial charge is 0.186 e. The van der Waals surface area contributed by atoms with Crippen molar-refractivity contribution in [2.75, 3.05) is 4.90 Å². The van der Waals surface area contributed by atoms with Crippen LogP contribution in [0.4, 0.5) is 5.13 Å². The van der Waals surface area contributed by atoms with Crippen molar-refractivity contribution in [2.45, 2.75) is 32.0 Å². The largest absolute Gasteiger partial charge is 0.340 e. The van der Waals surface area contributed by atoms with Gasteiger partial charge in [-0.15, -0.1) is 22.7 Å². The first-order chi connectivity index (χ1) is 8.36. The van der Waals surface area contributed by atoms with Crippen LogP contribution in [0, 0.1) is 0 Å². The highest BCUT2D eigenvalue weighted by molar-refractivity contribution is 7.13. The summed E-state index contributed by atoms with van der Waals surface area (Å²) in [5, 5.41) is 5.33. The predicted octanol–water partition coefficient (Wildman–Crippen LogP) is 2.83. The number of aromatic nitrogens is 1. The molecule has 2 heterocycles. The quantitative estimate of drug-likeness (QED) is 0.904. The SMILES string of the molecule is NCc1csc(N(Cc2cccs2)C2CC2)n1. The molecular formula is C12H15N3S2. The molecule has 0 amide bonds. The topological polar surface area (TPSA) is 42.1 Å². The molecular weight excluding hydrogens is 250 g/mol. The molecule has 0 bridgehead atoms. The highest BCUT2D eigenvalue weighted by Crippen LogP contribution is 2.35. The summed E-state index contributed by atoms with van der Waals surface area (Å²) in [7, 11) is 0. The second-order valence-electron chi connectivity index (χ2n) is 4.26. The number of thiophene rings is 1. The van der Waals surface area contributed by atoms with Crippen molar-refractivity contribution in [3.63, 3.8) is 0 Å². The molecule has 17 heavy (non-hydrogen) atoms. The third-order valence-corrected chi connectivity index (χ3v) is 4.68. The molecule has 0 spiro atoms. The maximum absolute atomic E-state index is 5.62. The summed E-state index contributed by atoms with van der Waals surface area (Å²) in [6.07, 6.45) is 2.59. The molecule has 1 fully saturated rings. The Labute approximate surface area is 109 Å². The van der Waals surface area contributed by atoms with Gasteiger partial charge in [0, 0.05) is 22.8 Å². The van der Waals surface area contributed by atoms with Crippen molar-refractivity contribution in [2.24, 2.45) is 5.73 Å². The lowest BCUT2D eigenvalue weighted by Gasteiger charge is -2.20. The minimum atomic E-state index is 0.536. The Kier molecular flexibility index (Phi) is 3.13. The van der Waals surface area contributed by atoms with Crippen LogP contribution in [0.3, 0.4) is 0 Å². The Hall–Kier alpha value is -0.910. The minimum absolute atomic E-state index is 0.536. The molecule has 0 unspecified atom stereocenters. The molecule has 2 aromatic rings. The molecule has 0 aliphatic heterocycles. The van der Waals surface area contributed by atoms with Crippen molar-refractivity contribution < 1.29 is 0 Å². The number of anilines is 1. The second kappa shape index (κ2) is 4.76. The Balaban J connectivity index is 1.79. The van der Waals surface area contributed by atoms with E-state index >= 15 is 0 Å². The third-order valence-electron chi connectivity index (χ3n) is 2.89. The van der Waals surface area contributed by atoms with Crippen LogP contribution in [0.5, 0.6) is 0 Å². The summed E-state index contributed by atoms with van der Waals surface area (Å²) >= 11 is 3.53. The van der Waals surface area contributed by atoms with E-state index in [1.165, 1.54) is 17.7 Å². The summed E-state index contributed by atoms with van der Waals surface area (Å²) in [4.78, 5) is 8.43. The van der Waals surface area contributed by atoms with Gasteiger partial charge in [-0.1, -0.05) is 6.07 Å². The van der Waals surface area contributed by atoms with Gasteiger partial charge in [0.1, 0.15) is 0 Å². The van der Waals surface area contributed by atoms with Crippen molar-refractivity contribution in [3.05, 3.63) is 33.5 Å². The van der Waals surface area contributed by atoms with E-state index < -0.39 is 0 Å². The van der Waals surface area contributed by atoms with Crippen LogP contribution < -0.4 is 10.6 Å². The lowest BCUT2D eigenvalue weighted by Crippen LogP contribution is -2.24. The average Bonchev–Trinajstić information content (AvgIpc) is 2.88. The lowest BCUT2D eigenvalue weighted by molar-refractivity contribution is 0.794. The summed E-state index contributed by atoms with van der Waals surface area (Å²) in [5.74, 6) is 0. The highest BCUT2D eigenvalue weighted by atomic mass is 32.1. The van der Waals surface area contributed by atoms with Gasteiger partial charge in [-0.2, -0.15) is 0 Å². The van der Waals surface area contributed by atoms with E-state index in [2.05, 4.69) is 32.8 Å². The number of rotatable bonds is 5. The van der Waals surface area contributed by atoms with Gasteiger partial charge in [0.25, 0.3) is 0 Å². The fourth-order valence-electron chi connectivity index (χ4n) is 1.83. The first-order valence-electron chi connectivity index (χ1n) is 5.80. The van der Waals surface area contributed by atoms with Crippen molar-refractivity contribution >= 4 is 27.8 Å². The average molecular weight is 265 g/mol. The molecule has 3 rings (SSSR count). The summed E-state index contributed by atoms with van der Waals surface area (Å²) in [5.41, 5.74) is 6.62. The first kappa shape index (κ1) is 11.2. The molecule has 1 aliphatic rings. The summed E-state index contributed by atoms with van der Waals surface area (Å²) < 4.78 is 0. The zero-order valence-corrected chi connectivity index (χ0v) is 11.1. The van der Waals surface area contributed by atoms with E-state index in [1.54, 1.807) is 11.3 Å². The van der Waals surface area contributed by atoms with Gasteiger partial charge >= 0.3 is 0 Å². The van der Waals surface area contributed by atoms with Gasteiger partial charge < -0.3 is 10.6 Å². The zero-order valence-electron chi connectivity index (χ0n) is 9.50. The zero-order chi connectivity index (χ0) is 11.7. The molecule has 0 radical (unpaired) electrons. The second-order valence-corrected chi connectivity index (χ2v) is 6.13. The summed E-state index contributed by atoms with van der Waals surface area (Å²) in [6, 6.07) is 4.99. The molecule has 0 atom stereocenters. The number of thiazole rings is 1. The van der Waals surface area contributed by atoms with Gasteiger partial charge in [0.15, 0.2) is 5.13 Å². The van der Waals surface area contributed by atoms with E-state index in [0.717, 1.165) is 17.4 Å². The molecule has 1 saturated carbocycles. The highest BCUT2D eigenvalue weighted by Gasteiger charge is 2.31. The number of nitrogens with zero attached hydrogens (tertiary/aromatic N) is 2. The van der Waals surface area contributed by atoms with Crippen LogP contribution in [0.1, 0.15) is 23.4 Å². The van der Waals surface area contributed by atoms with Gasteiger partial charge in [-0.05, 0) is 24.3 Å². The normalized spacial score (nSPS) is 15.1. The van der Waals surface area contributed by atoms with E-state index in [1.807, 2.05) is 11.3 Å². The van der Waals surface area contributed by atoms with Gasteiger partial charge in [-0.25, -0.2) is 4.98 Å². The van der Waals surface area contributed by atoms with Crippen LogP contribution in [0.25, 0.3) is 0 Å². The van der Waals surface area contributed by atoms with Crippen molar-refractivity contribution in [1.82, 2.24) is 4.98 Å². The number of hydrogen-bond acceptors (Lipinski definition) is 5. The Morgan fingerprint density at radius 2 is 2.29 bits per heavy atom. The van der Waals surface area contributed by atoms with Gasteiger partial charge in [0.05, 0.1) is 12.2 Å². The molecule has 1 aliphatic carbocycles. The van der Waals surface area contributed by atoms with Crippen LogP contribution >= 0.6 is 22.7 Å². The van der Waals surface area contributed by atoms with Crippen LogP contribution in [0.2, 0.25) is 0 Å². The maximum atomic E-state index is 5.62. The molecule has 5 heteroatoms. The predicted molar refractivity (Wildman–Crippen MR) is 73.5 cm³/mol. The Morgan fingerprint density at radius 1 is 1.41 bits per heavy atom. The number of nitrogens with two attached hydrogens (primary N) is 1. The molecule has 90 valence electrons. The summed E-state index contributed by atoms with van der Waals surface area (Å²) in [6.45, 7) is 1.52. The molecule has 3 nitrogen and oxygen atoms in total. The monoisotopic (exact) mass is 265 g/mol. The minimum Gasteiger partial charge on any atom is -0.340 e. The Bertz CT molecular complexity index is 474. The molecule has 0 saturated heterocycles. The van der Waals surface area contributed by atoms with Gasteiger partial charge in [0.2, 0.25) is 0 Å². The standard InChI is InChI=1S/C12H15N3S2/c13-6-9-8-17-12(14-9)15(10-3-4-10)7-11-2-1-5-16-11/h1-2,5,8,10H,3-4,6-7,13H2. The molecule has 2 N–H and O–H groups in total. The van der Waals surface area contributed by atoms with Crippen LogP contribution in [-0.4, -0.2) is 11.0 Å². The Morgan fingerprint density at radius 3 is 2.88 bits per heavy atom. The first-order valence-corrected chi connectivity index (χ1v) is 7.56. The fraction of sp³-hybridized carbons (Fsp3) is 0.417. The fourth-order valence-corrected chi connectivity index (χ4v) is 3.44. The van der Waals surface area contributed by atoms with Gasteiger partial charge in [-0.3, -0.25) is 0 Å². The van der Waals surface area contributed by atoms with E-state index in [-0.39, 0.29) is 0 Å². The van der Waals surface area contributed by atoms with E-state index in [4.69, 9.17) is 5.73 Å². The molecule has 0 aromatic carbocycles. The van der Waals surface area contributed by atoms with Crippen LogP contribution in [-0.2, 0) is 13.1 Å². The van der Waals surface area contributed by atoms with Crippen LogP contribution in [0.15, 0.2) is 22.9 Å². The lowest BCUT2D eigenvalue weighted by atomic mass is 10.4. The maximum Gasteiger partial charge on any atom is 0.186 e.